The molecule has 3 rings (SSSR count). The van der Waals surface area contributed by atoms with E-state index in [1.165, 1.54) is 5.56 Å². The van der Waals surface area contributed by atoms with Crippen LogP contribution in [0.1, 0.15) is 27.9 Å². The van der Waals surface area contributed by atoms with E-state index in [2.05, 4.69) is 40.2 Å². The summed E-state index contributed by atoms with van der Waals surface area (Å²) in [6.45, 7) is 7.24. The molecule has 3 aromatic rings. The SMILES string of the molecule is Cc1cccc(-n2cc(CN(C)Cc3[nH]cc(C)c(=O)c3C)cn2)c1. The van der Waals surface area contributed by atoms with E-state index in [-0.39, 0.29) is 5.43 Å². The molecule has 2 aromatic heterocycles. The van der Waals surface area contributed by atoms with Crippen LogP contribution in [-0.4, -0.2) is 26.7 Å². The first-order chi connectivity index (χ1) is 11.9. The summed E-state index contributed by atoms with van der Waals surface area (Å²) in [6, 6.07) is 8.27. The van der Waals surface area contributed by atoms with Crippen molar-refractivity contribution < 1.29 is 0 Å². The Bertz CT molecular complexity index is 939. The quantitative estimate of drug-likeness (QED) is 0.779. The lowest BCUT2D eigenvalue weighted by atomic mass is 10.1. The van der Waals surface area contributed by atoms with Crippen LogP contribution in [0.4, 0.5) is 0 Å². The van der Waals surface area contributed by atoms with Gasteiger partial charge in [0, 0.05) is 47.9 Å². The molecule has 0 saturated carbocycles. The summed E-state index contributed by atoms with van der Waals surface area (Å²) in [6.07, 6.45) is 5.73. The fourth-order valence-corrected chi connectivity index (χ4v) is 2.96. The zero-order valence-corrected chi connectivity index (χ0v) is 15.2. The van der Waals surface area contributed by atoms with E-state index in [1.807, 2.05) is 43.9 Å². The minimum absolute atomic E-state index is 0.120. The maximum Gasteiger partial charge on any atom is 0.187 e. The molecule has 0 radical (unpaired) electrons. The molecule has 5 heteroatoms. The van der Waals surface area contributed by atoms with E-state index in [1.54, 1.807) is 6.20 Å². The number of aryl methyl sites for hydroxylation is 2. The highest BCUT2D eigenvalue weighted by molar-refractivity contribution is 5.35. The Morgan fingerprint density at radius 3 is 2.76 bits per heavy atom. The Hall–Kier alpha value is -2.66. The standard InChI is InChI=1S/C20H24N4O/c1-14-6-5-7-18(8-14)24-12-17(10-22-24)11-23(4)13-19-16(3)20(25)15(2)9-21-19/h5-10,12H,11,13H2,1-4H3,(H,21,25). The monoisotopic (exact) mass is 336 g/mol. The molecule has 0 bridgehead atoms. The second kappa shape index (κ2) is 7.07. The largest absolute Gasteiger partial charge is 0.363 e. The maximum atomic E-state index is 12.1. The van der Waals surface area contributed by atoms with Crippen LogP contribution in [-0.2, 0) is 13.1 Å². The van der Waals surface area contributed by atoms with Crippen molar-refractivity contribution in [3.05, 3.63) is 81.0 Å². The summed E-state index contributed by atoms with van der Waals surface area (Å²) in [7, 11) is 2.04. The molecule has 25 heavy (non-hydrogen) atoms. The Morgan fingerprint density at radius 1 is 1.20 bits per heavy atom. The van der Waals surface area contributed by atoms with Crippen LogP contribution in [0, 0.1) is 20.8 Å². The maximum absolute atomic E-state index is 12.1. The average Bonchev–Trinajstić information content (AvgIpc) is 3.04. The van der Waals surface area contributed by atoms with Crippen molar-refractivity contribution in [3.63, 3.8) is 0 Å². The van der Waals surface area contributed by atoms with Gasteiger partial charge in [0.25, 0.3) is 0 Å². The van der Waals surface area contributed by atoms with Crippen molar-refractivity contribution in [2.75, 3.05) is 7.05 Å². The van der Waals surface area contributed by atoms with Crippen LogP contribution in [0.15, 0.2) is 47.7 Å². The molecule has 0 spiro atoms. The van der Waals surface area contributed by atoms with Gasteiger partial charge in [-0.15, -0.1) is 0 Å². The van der Waals surface area contributed by atoms with Gasteiger partial charge in [-0.1, -0.05) is 12.1 Å². The Labute approximate surface area is 147 Å². The van der Waals surface area contributed by atoms with Gasteiger partial charge in [-0.2, -0.15) is 5.10 Å². The van der Waals surface area contributed by atoms with Gasteiger partial charge in [0.15, 0.2) is 5.43 Å². The predicted octanol–water partition coefficient (Wildman–Crippen LogP) is 3.12. The lowest BCUT2D eigenvalue weighted by Gasteiger charge is -2.17. The highest BCUT2D eigenvalue weighted by Crippen LogP contribution is 2.12. The smallest absolute Gasteiger partial charge is 0.187 e. The molecular formula is C20H24N4O. The number of nitrogens with one attached hydrogen (secondary N) is 1. The highest BCUT2D eigenvalue weighted by atomic mass is 16.1. The average molecular weight is 336 g/mol. The minimum Gasteiger partial charge on any atom is -0.363 e. The fraction of sp³-hybridized carbons (Fsp3) is 0.300. The molecule has 1 aromatic carbocycles. The molecule has 5 nitrogen and oxygen atoms in total. The first-order valence-electron chi connectivity index (χ1n) is 8.41. The van der Waals surface area contributed by atoms with Crippen molar-refractivity contribution in [2.45, 2.75) is 33.9 Å². The fourth-order valence-electron chi connectivity index (χ4n) is 2.96. The van der Waals surface area contributed by atoms with E-state index < -0.39 is 0 Å². The van der Waals surface area contributed by atoms with Gasteiger partial charge in [0.1, 0.15) is 0 Å². The molecule has 0 unspecified atom stereocenters. The minimum atomic E-state index is 0.120. The molecule has 0 aliphatic heterocycles. The number of H-pyrrole nitrogens is 1. The number of hydrogen-bond donors (Lipinski definition) is 1. The molecule has 1 N–H and O–H groups in total. The van der Waals surface area contributed by atoms with Gasteiger partial charge in [-0.3, -0.25) is 9.69 Å². The number of pyridine rings is 1. The van der Waals surface area contributed by atoms with E-state index in [9.17, 15) is 4.79 Å². The van der Waals surface area contributed by atoms with Gasteiger partial charge >= 0.3 is 0 Å². The normalized spacial score (nSPS) is 11.2. The number of benzene rings is 1. The van der Waals surface area contributed by atoms with Crippen molar-refractivity contribution in [2.24, 2.45) is 0 Å². The van der Waals surface area contributed by atoms with Crippen LogP contribution >= 0.6 is 0 Å². The van der Waals surface area contributed by atoms with E-state index in [0.717, 1.165) is 34.6 Å². The summed E-state index contributed by atoms with van der Waals surface area (Å²) >= 11 is 0. The Balaban J connectivity index is 1.71. The third-order valence-electron chi connectivity index (χ3n) is 4.40. The van der Waals surface area contributed by atoms with Crippen molar-refractivity contribution >= 4 is 0 Å². The van der Waals surface area contributed by atoms with Gasteiger partial charge < -0.3 is 4.98 Å². The first kappa shape index (κ1) is 17.2. The van der Waals surface area contributed by atoms with Crippen LogP contribution in [0.25, 0.3) is 5.69 Å². The summed E-state index contributed by atoms with van der Waals surface area (Å²) in [5, 5.41) is 4.46. The third kappa shape index (κ3) is 3.88. The van der Waals surface area contributed by atoms with Crippen LogP contribution in [0.3, 0.4) is 0 Å². The van der Waals surface area contributed by atoms with Crippen molar-refractivity contribution in [1.29, 1.82) is 0 Å². The van der Waals surface area contributed by atoms with Gasteiger partial charge in [0.05, 0.1) is 11.9 Å². The molecule has 0 aliphatic rings. The number of nitrogens with zero attached hydrogens (tertiary/aromatic N) is 3. The molecular weight excluding hydrogens is 312 g/mol. The lowest BCUT2D eigenvalue weighted by molar-refractivity contribution is 0.314. The van der Waals surface area contributed by atoms with E-state index >= 15 is 0 Å². The van der Waals surface area contributed by atoms with Crippen molar-refractivity contribution in [1.82, 2.24) is 19.7 Å². The number of aromatic amines is 1. The van der Waals surface area contributed by atoms with E-state index in [4.69, 9.17) is 0 Å². The number of hydrogen-bond acceptors (Lipinski definition) is 3. The predicted molar refractivity (Wildman–Crippen MR) is 100 cm³/mol. The van der Waals surface area contributed by atoms with Crippen LogP contribution in [0.2, 0.25) is 0 Å². The van der Waals surface area contributed by atoms with Gasteiger partial charge in [0.2, 0.25) is 0 Å². The topological polar surface area (TPSA) is 53.9 Å². The summed E-state index contributed by atoms with van der Waals surface area (Å²) in [5.41, 5.74) is 6.04. The van der Waals surface area contributed by atoms with Crippen LogP contribution in [0.5, 0.6) is 0 Å². The third-order valence-corrected chi connectivity index (χ3v) is 4.40. The molecule has 130 valence electrons. The molecule has 0 aliphatic carbocycles. The summed E-state index contributed by atoms with van der Waals surface area (Å²) in [5.74, 6) is 0. The zero-order valence-electron chi connectivity index (χ0n) is 15.2. The summed E-state index contributed by atoms with van der Waals surface area (Å²) in [4.78, 5) is 17.5. The van der Waals surface area contributed by atoms with Crippen molar-refractivity contribution in [3.8, 4) is 5.69 Å². The summed E-state index contributed by atoms with van der Waals surface area (Å²) < 4.78 is 1.90. The molecule has 0 fully saturated rings. The molecule has 0 amide bonds. The van der Waals surface area contributed by atoms with Gasteiger partial charge in [-0.25, -0.2) is 4.68 Å². The van der Waals surface area contributed by atoms with E-state index in [0.29, 0.717) is 6.54 Å². The highest BCUT2D eigenvalue weighted by Gasteiger charge is 2.09. The number of aromatic nitrogens is 3. The van der Waals surface area contributed by atoms with Crippen LogP contribution < -0.4 is 5.43 Å². The second-order valence-electron chi connectivity index (χ2n) is 6.71. The number of rotatable bonds is 5. The molecule has 0 atom stereocenters. The first-order valence-corrected chi connectivity index (χ1v) is 8.41. The lowest BCUT2D eigenvalue weighted by Crippen LogP contribution is -2.22. The Kier molecular flexibility index (Phi) is 4.86. The Morgan fingerprint density at radius 2 is 2.00 bits per heavy atom. The van der Waals surface area contributed by atoms with Gasteiger partial charge in [-0.05, 0) is 45.5 Å². The zero-order chi connectivity index (χ0) is 18.0. The second-order valence-corrected chi connectivity index (χ2v) is 6.71. The molecule has 0 saturated heterocycles. The molecule has 2 heterocycles.